The van der Waals surface area contributed by atoms with Gasteiger partial charge in [-0.25, -0.2) is 9.97 Å². The van der Waals surface area contributed by atoms with Crippen molar-refractivity contribution in [1.29, 1.82) is 0 Å². The van der Waals surface area contributed by atoms with Crippen LogP contribution in [0.25, 0.3) is 45.6 Å². The number of hydrogen-bond donors (Lipinski definition) is 0. The first-order valence-corrected chi connectivity index (χ1v) is 42.1. The smallest absolute Gasteiger partial charge is 0.136 e. The maximum Gasteiger partial charge on any atom is 0.136 e. The molecule has 2 aromatic carbocycles. The molecule has 0 spiro atoms. The largest absolute Gasteiger partial charge is 0.492 e. The molecule has 0 fully saturated rings. The van der Waals surface area contributed by atoms with Crippen LogP contribution in [0, 0.1) is 47.4 Å². The third-order valence-electron chi connectivity index (χ3n) is 19.7. The summed E-state index contributed by atoms with van der Waals surface area (Å²) in [6.07, 6.45) is 56.4. The minimum absolute atomic E-state index is 0.544. The molecule has 0 radical (unpaired) electrons. The SMILES string of the molecule is CCCCCCCCCCCCOc1cc(C#Cc2cc(-c3ccccn3)nc(-c3ccccn3)c2)c(OCCCCCCCCCCCC)cc1C#CC#Cc1cc(OCCCCCCCCCCCC)c(C#Cc2cc(-c3ccccn3)nc(-c3ccccn3)c2)cc1OCCCCCCCCCCCC. The summed E-state index contributed by atoms with van der Waals surface area (Å²) in [5, 5.41) is 0. The van der Waals surface area contributed by atoms with E-state index in [1.165, 1.54) is 205 Å². The predicted octanol–water partition coefficient (Wildman–Crippen LogP) is 26.1. The number of rotatable bonds is 52. The van der Waals surface area contributed by atoms with Gasteiger partial charge in [-0.2, -0.15) is 0 Å². The molecule has 0 aliphatic rings. The number of benzene rings is 2. The maximum atomic E-state index is 6.84. The Morgan fingerprint density at radius 2 is 0.435 bits per heavy atom. The van der Waals surface area contributed by atoms with Crippen molar-refractivity contribution < 1.29 is 18.9 Å². The van der Waals surface area contributed by atoms with Crippen molar-refractivity contribution in [3.05, 3.63) is 179 Å². The quantitative estimate of drug-likeness (QED) is 0.0270. The number of aromatic nitrogens is 6. The topological polar surface area (TPSA) is 114 Å². The first-order valence-electron chi connectivity index (χ1n) is 42.1. The van der Waals surface area contributed by atoms with Gasteiger partial charge in [-0.15, -0.1) is 0 Å². The Hall–Kier alpha value is -9.22. The van der Waals surface area contributed by atoms with Crippen molar-refractivity contribution in [2.45, 2.75) is 285 Å². The van der Waals surface area contributed by atoms with Crippen molar-refractivity contribution in [1.82, 2.24) is 29.9 Å². The summed E-state index contributed by atoms with van der Waals surface area (Å²) < 4.78 is 27.3. The average molecular weight is 1450 g/mol. The fourth-order valence-electron chi connectivity index (χ4n) is 13.3. The highest BCUT2D eigenvalue weighted by molar-refractivity contribution is 5.69. The molecule has 0 amide bonds. The van der Waals surface area contributed by atoms with Crippen LogP contribution >= 0.6 is 0 Å². The lowest BCUT2D eigenvalue weighted by Gasteiger charge is -2.14. The van der Waals surface area contributed by atoms with Crippen molar-refractivity contribution in [3.63, 3.8) is 0 Å². The summed E-state index contributed by atoms with van der Waals surface area (Å²) in [5.41, 5.74) is 10.2. The lowest BCUT2D eigenvalue weighted by Crippen LogP contribution is -2.03. The van der Waals surface area contributed by atoms with Crippen molar-refractivity contribution >= 4 is 0 Å². The van der Waals surface area contributed by atoms with Crippen LogP contribution in [0.2, 0.25) is 0 Å². The van der Waals surface area contributed by atoms with Gasteiger partial charge in [-0.1, -0.05) is 307 Å². The molecule has 0 aliphatic heterocycles. The standard InChI is InChI=1S/C98H124N6O4/c1-5-9-13-17-21-25-29-33-37-51-69-105-95-79-85(63-61-81-73-91(87-57-43-47-65-99-87)103-92(74-81)88-58-44-48-66-100-88)97(107-71-53-39-35-31-27-23-19-15-11-7-3)77-83(95)55-41-42-56-84-78-98(108-72-54-40-36-32-28-24-20-16-12-8-4)86(80-96(84)106-70-52-38-34-30-26-22-18-14-10-6-2)64-62-82-75-93(89-59-45-49-67-101-89)104-94(76-82)90-60-46-50-68-102-90/h43-50,57-60,65-68,73-80H,5-40,51-54,69-72H2,1-4H3. The van der Waals surface area contributed by atoms with Gasteiger partial charge >= 0.3 is 0 Å². The van der Waals surface area contributed by atoms with Crippen LogP contribution in [0.3, 0.4) is 0 Å². The van der Waals surface area contributed by atoms with Crippen LogP contribution in [0.4, 0.5) is 0 Å². The van der Waals surface area contributed by atoms with E-state index in [2.05, 4.69) is 95.0 Å². The zero-order chi connectivity index (χ0) is 75.2. The number of nitrogens with zero attached hydrogens (tertiary/aromatic N) is 6. The molecule has 570 valence electrons. The minimum Gasteiger partial charge on any atom is -0.492 e. The van der Waals surface area contributed by atoms with Crippen LogP contribution < -0.4 is 18.9 Å². The Labute approximate surface area is 651 Å². The molecule has 8 rings (SSSR count). The van der Waals surface area contributed by atoms with Crippen molar-refractivity contribution in [3.8, 4) is 116 Å². The summed E-state index contributed by atoms with van der Waals surface area (Å²) in [7, 11) is 0. The van der Waals surface area contributed by atoms with E-state index in [1.54, 1.807) is 24.8 Å². The van der Waals surface area contributed by atoms with E-state index in [1.807, 2.05) is 121 Å². The minimum atomic E-state index is 0.544. The van der Waals surface area contributed by atoms with Gasteiger partial charge in [0.2, 0.25) is 0 Å². The Morgan fingerprint density at radius 1 is 0.222 bits per heavy atom. The van der Waals surface area contributed by atoms with Crippen LogP contribution in [-0.4, -0.2) is 56.3 Å². The van der Waals surface area contributed by atoms with Crippen molar-refractivity contribution in [2.75, 3.05) is 26.4 Å². The second-order valence-electron chi connectivity index (χ2n) is 28.9. The summed E-state index contributed by atoms with van der Waals surface area (Å²) in [6.45, 7) is 11.3. The number of pyridine rings is 6. The van der Waals surface area contributed by atoms with Gasteiger partial charge in [-0.3, -0.25) is 19.9 Å². The molecule has 0 saturated heterocycles. The second kappa shape index (κ2) is 53.5. The van der Waals surface area contributed by atoms with Crippen LogP contribution in [0.1, 0.15) is 318 Å². The maximum absolute atomic E-state index is 6.84. The molecule has 108 heavy (non-hydrogen) atoms. The number of hydrogen-bond acceptors (Lipinski definition) is 10. The van der Waals surface area contributed by atoms with Gasteiger partial charge < -0.3 is 18.9 Å². The highest BCUT2D eigenvalue weighted by atomic mass is 16.5. The van der Waals surface area contributed by atoms with Gasteiger partial charge in [-0.05, 0) is 122 Å². The van der Waals surface area contributed by atoms with Gasteiger partial charge in [0, 0.05) is 60.2 Å². The zero-order valence-corrected chi connectivity index (χ0v) is 66.3. The summed E-state index contributed by atoms with van der Waals surface area (Å²) >= 11 is 0. The summed E-state index contributed by atoms with van der Waals surface area (Å²) in [6, 6.07) is 39.5. The van der Waals surface area contributed by atoms with E-state index >= 15 is 0 Å². The molecule has 6 aromatic heterocycles. The van der Waals surface area contributed by atoms with Crippen LogP contribution in [0.5, 0.6) is 23.0 Å². The van der Waals surface area contributed by atoms with E-state index in [-0.39, 0.29) is 0 Å². The number of ether oxygens (including phenoxy) is 4. The molecule has 0 aliphatic carbocycles. The van der Waals surface area contributed by atoms with Gasteiger partial charge in [0.1, 0.15) is 23.0 Å². The fraction of sp³-hybridized carbons (Fsp3) is 0.490. The monoisotopic (exact) mass is 1450 g/mol. The lowest BCUT2D eigenvalue weighted by molar-refractivity contribution is 0.295. The second-order valence-corrected chi connectivity index (χ2v) is 28.9. The Morgan fingerprint density at radius 3 is 0.648 bits per heavy atom. The normalized spacial score (nSPS) is 10.8. The van der Waals surface area contributed by atoms with Crippen LogP contribution in [0.15, 0.2) is 146 Å². The first-order chi connectivity index (χ1) is 53.5. The Kier molecular flexibility index (Phi) is 41.8. The zero-order valence-electron chi connectivity index (χ0n) is 66.3. The lowest BCUT2D eigenvalue weighted by atomic mass is 10.1. The molecular weight excluding hydrogens is 1330 g/mol. The molecular formula is C98H124N6O4. The molecule has 0 saturated carbocycles. The molecule has 6 heterocycles. The van der Waals surface area contributed by atoms with Gasteiger partial charge in [0.25, 0.3) is 0 Å². The molecule has 0 unspecified atom stereocenters. The van der Waals surface area contributed by atoms with Gasteiger partial charge in [0.15, 0.2) is 0 Å². The molecule has 0 bridgehead atoms. The van der Waals surface area contributed by atoms with E-state index in [0.717, 1.165) is 96.4 Å². The molecule has 8 aromatic rings. The fourth-order valence-corrected chi connectivity index (χ4v) is 13.3. The molecule has 10 heteroatoms. The highest BCUT2D eigenvalue weighted by Gasteiger charge is 2.16. The van der Waals surface area contributed by atoms with Crippen LogP contribution in [-0.2, 0) is 0 Å². The number of unbranched alkanes of at least 4 members (excludes halogenated alkanes) is 36. The third kappa shape index (κ3) is 33.1. The molecule has 0 atom stereocenters. The summed E-state index contributed by atoms with van der Waals surface area (Å²) in [5.74, 6) is 30.4. The van der Waals surface area contributed by atoms with E-state index in [9.17, 15) is 0 Å². The van der Waals surface area contributed by atoms with E-state index < -0.39 is 0 Å². The highest BCUT2D eigenvalue weighted by Crippen LogP contribution is 2.33. The van der Waals surface area contributed by atoms with E-state index in [0.29, 0.717) is 83.3 Å². The Bertz CT molecular complexity index is 3680. The molecule has 0 N–H and O–H groups in total. The average Bonchev–Trinajstić information content (AvgIpc) is 0.824. The van der Waals surface area contributed by atoms with Gasteiger partial charge in [0.05, 0.1) is 94.2 Å². The Balaban J connectivity index is 1.16. The third-order valence-corrected chi connectivity index (χ3v) is 19.7. The van der Waals surface area contributed by atoms with E-state index in [4.69, 9.17) is 28.9 Å². The first kappa shape index (κ1) is 84.4. The summed E-state index contributed by atoms with van der Waals surface area (Å²) in [4.78, 5) is 28.8. The molecule has 10 nitrogen and oxygen atoms in total. The van der Waals surface area contributed by atoms with Crippen molar-refractivity contribution in [2.24, 2.45) is 0 Å². The predicted molar refractivity (Wildman–Crippen MR) is 449 cm³/mol.